The molecule has 4 aromatic rings. The second-order valence-corrected chi connectivity index (χ2v) is 7.45. The maximum absolute atomic E-state index is 13.3. The molecule has 7 nitrogen and oxygen atoms in total. The molecule has 1 aliphatic heterocycles. The Labute approximate surface area is 182 Å². The van der Waals surface area contributed by atoms with Crippen LogP contribution in [0.2, 0.25) is 0 Å². The first-order valence-corrected chi connectivity index (χ1v) is 10.0. The summed E-state index contributed by atoms with van der Waals surface area (Å²) in [7, 11) is 1.56. The van der Waals surface area contributed by atoms with Gasteiger partial charge in [0.1, 0.15) is 22.8 Å². The lowest BCUT2D eigenvalue weighted by molar-refractivity contribution is -0.122. The van der Waals surface area contributed by atoms with Gasteiger partial charge in [-0.2, -0.15) is 0 Å². The van der Waals surface area contributed by atoms with Gasteiger partial charge in [-0.1, -0.05) is 24.3 Å². The molecule has 160 valence electrons. The number of ether oxygens (including phenoxy) is 2. The molecule has 0 saturated heterocycles. The molecule has 0 radical (unpaired) electrons. The van der Waals surface area contributed by atoms with E-state index in [1.54, 1.807) is 61.7 Å². The fourth-order valence-electron chi connectivity index (χ4n) is 3.99. The van der Waals surface area contributed by atoms with Crippen LogP contribution < -0.4 is 20.4 Å². The highest BCUT2D eigenvalue weighted by molar-refractivity contribution is 5.97. The van der Waals surface area contributed by atoms with E-state index in [2.05, 4.69) is 5.32 Å². The zero-order valence-electron chi connectivity index (χ0n) is 17.1. The summed E-state index contributed by atoms with van der Waals surface area (Å²) in [5.74, 6) is -0.0290. The van der Waals surface area contributed by atoms with Crippen molar-refractivity contribution in [1.29, 1.82) is 0 Å². The molecule has 1 aromatic heterocycles. The highest BCUT2D eigenvalue weighted by Gasteiger charge is 2.44. The van der Waals surface area contributed by atoms with Crippen molar-refractivity contribution in [3.63, 3.8) is 0 Å². The Balaban J connectivity index is 1.59. The average Bonchev–Trinajstić information content (AvgIpc) is 3.22. The number of carbonyl (C=O) groups excluding carboxylic acids is 1. The molecule has 2 N–H and O–H groups in total. The molecule has 7 heteroatoms. The van der Waals surface area contributed by atoms with Gasteiger partial charge in [0.05, 0.1) is 24.0 Å². The van der Waals surface area contributed by atoms with Crippen molar-refractivity contribution in [2.24, 2.45) is 0 Å². The molecular weight excluding hydrogens is 410 g/mol. The number of amides is 1. The molecule has 5 rings (SSSR count). The molecule has 2 heterocycles. The number of phenols is 1. The zero-order chi connectivity index (χ0) is 22.2. The van der Waals surface area contributed by atoms with Gasteiger partial charge in [-0.05, 0) is 54.1 Å². The van der Waals surface area contributed by atoms with Gasteiger partial charge in [0.2, 0.25) is 0 Å². The molecule has 0 unspecified atom stereocenters. The number of nitrogens with one attached hydrogen (secondary N) is 1. The van der Waals surface area contributed by atoms with E-state index < -0.39 is 23.6 Å². The van der Waals surface area contributed by atoms with Gasteiger partial charge in [0.15, 0.2) is 6.10 Å². The van der Waals surface area contributed by atoms with Gasteiger partial charge in [0.25, 0.3) is 5.91 Å². The molecular formula is C25H19NO6. The normalized spacial score (nSPS) is 16.9. The largest absolute Gasteiger partial charge is 0.508 e. The Morgan fingerprint density at radius 1 is 1.00 bits per heavy atom. The number of fused-ring (bicyclic) bond motifs is 3. The van der Waals surface area contributed by atoms with Crippen LogP contribution in [0.4, 0.5) is 5.69 Å². The standard InChI is InChI=1S/C25H19NO6/c1-30-17-12-8-15(9-13-17)26-24(28)23-20(14-6-10-16(27)11-7-14)21-22(32-23)18-4-2-3-5-19(18)31-25(21)29/h2-13,20,23,27H,1H3,(H,26,28)/t20-,23+/m0/s1. The number of hydrogen-bond donors (Lipinski definition) is 2. The highest BCUT2D eigenvalue weighted by atomic mass is 16.5. The molecule has 1 amide bonds. The van der Waals surface area contributed by atoms with E-state index in [0.717, 1.165) is 0 Å². The lowest BCUT2D eigenvalue weighted by atomic mass is 9.88. The van der Waals surface area contributed by atoms with Crippen LogP contribution in [0.1, 0.15) is 17.0 Å². The van der Waals surface area contributed by atoms with Crippen molar-refractivity contribution in [2.75, 3.05) is 12.4 Å². The summed E-state index contributed by atoms with van der Waals surface area (Å²) >= 11 is 0. The van der Waals surface area contributed by atoms with E-state index in [1.807, 2.05) is 6.07 Å². The van der Waals surface area contributed by atoms with Crippen LogP contribution in [0.25, 0.3) is 11.0 Å². The Bertz CT molecular complexity index is 1360. The summed E-state index contributed by atoms with van der Waals surface area (Å²) < 4.78 is 16.8. The zero-order valence-corrected chi connectivity index (χ0v) is 17.1. The van der Waals surface area contributed by atoms with E-state index in [0.29, 0.717) is 33.7 Å². The number of hydrogen-bond acceptors (Lipinski definition) is 6. The van der Waals surface area contributed by atoms with Crippen LogP contribution in [0.15, 0.2) is 82.0 Å². The number of rotatable bonds is 4. The number of para-hydroxylation sites is 1. The number of aromatic hydroxyl groups is 1. The van der Waals surface area contributed by atoms with Crippen LogP contribution in [0.5, 0.6) is 17.2 Å². The minimum atomic E-state index is -1.01. The minimum absolute atomic E-state index is 0.0812. The summed E-state index contributed by atoms with van der Waals surface area (Å²) in [6.07, 6.45) is -1.01. The highest BCUT2D eigenvalue weighted by Crippen LogP contribution is 2.44. The van der Waals surface area contributed by atoms with Gasteiger partial charge in [-0.15, -0.1) is 0 Å². The predicted octanol–water partition coefficient (Wildman–Crippen LogP) is 4.04. The summed E-state index contributed by atoms with van der Waals surface area (Å²) in [6, 6.07) is 20.3. The van der Waals surface area contributed by atoms with Crippen molar-refractivity contribution >= 4 is 22.6 Å². The third kappa shape index (κ3) is 3.33. The predicted molar refractivity (Wildman–Crippen MR) is 118 cm³/mol. The number of phenolic OH excluding ortho intramolecular Hbond substituents is 1. The Morgan fingerprint density at radius 2 is 1.72 bits per heavy atom. The van der Waals surface area contributed by atoms with Gasteiger partial charge >= 0.3 is 5.63 Å². The molecule has 3 aromatic carbocycles. The molecule has 32 heavy (non-hydrogen) atoms. The molecule has 0 spiro atoms. The van der Waals surface area contributed by atoms with Crippen molar-refractivity contribution in [3.05, 3.63) is 94.3 Å². The van der Waals surface area contributed by atoms with Gasteiger partial charge < -0.3 is 24.3 Å². The van der Waals surface area contributed by atoms with Crippen molar-refractivity contribution < 1.29 is 23.8 Å². The van der Waals surface area contributed by atoms with E-state index in [4.69, 9.17) is 13.9 Å². The topological polar surface area (TPSA) is 98.0 Å². The van der Waals surface area contributed by atoms with Crippen molar-refractivity contribution in [3.8, 4) is 17.2 Å². The van der Waals surface area contributed by atoms with Crippen molar-refractivity contribution in [1.82, 2.24) is 0 Å². The molecule has 2 atom stereocenters. The van der Waals surface area contributed by atoms with Gasteiger partial charge in [-0.3, -0.25) is 4.79 Å². The van der Waals surface area contributed by atoms with E-state index in [-0.39, 0.29) is 11.3 Å². The van der Waals surface area contributed by atoms with Crippen LogP contribution in [-0.4, -0.2) is 24.2 Å². The van der Waals surface area contributed by atoms with Gasteiger partial charge in [-0.25, -0.2) is 4.79 Å². The molecule has 0 aliphatic carbocycles. The van der Waals surface area contributed by atoms with Crippen LogP contribution >= 0.6 is 0 Å². The minimum Gasteiger partial charge on any atom is -0.508 e. The summed E-state index contributed by atoms with van der Waals surface area (Å²) in [5, 5.41) is 13.2. The Kier molecular flexibility index (Phi) is 4.78. The first kappa shape index (κ1) is 19.7. The molecule has 0 bridgehead atoms. The Hall–Kier alpha value is -4.26. The molecule has 0 saturated carbocycles. The summed E-state index contributed by atoms with van der Waals surface area (Å²) in [4.78, 5) is 26.2. The molecule has 0 fully saturated rings. The number of anilines is 1. The van der Waals surface area contributed by atoms with Crippen molar-refractivity contribution in [2.45, 2.75) is 12.0 Å². The van der Waals surface area contributed by atoms with Crippen LogP contribution in [-0.2, 0) is 4.79 Å². The maximum Gasteiger partial charge on any atom is 0.344 e. The lowest BCUT2D eigenvalue weighted by Crippen LogP contribution is -2.35. The third-order valence-corrected chi connectivity index (χ3v) is 5.53. The number of methoxy groups -OCH3 is 1. The fraction of sp³-hybridized carbons (Fsp3) is 0.120. The second-order valence-electron chi connectivity index (χ2n) is 7.45. The SMILES string of the molecule is COc1ccc(NC(=O)[C@@H]2Oc3c(c(=O)oc4ccccc34)[C@@H]2c2ccc(O)cc2)cc1. The number of carbonyl (C=O) groups is 1. The monoisotopic (exact) mass is 429 g/mol. The Morgan fingerprint density at radius 3 is 2.44 bits per heavy atom. The molecule has 1 aliphatic rings. The van der Waals surface area contributed by atoms with Crippen LogP contribution in [0, 0.1) is 0 Å². The third-order valence-electron chi connectivity index (χ3n) is 5.53. The van der Waals surface area contributed by atoms with Gasteiger partial charge in [0, 0.05) is 5.69 Å². The first-order valence-electron chi connectivity index (χ1n) is 10.0. The van der Waals surface area contributed by atoms with E-state index in [1.165, 1.54) is 12.1 Å². The lowest BCUT2D eigenvalue weighted by Gasteiger charge is -2.19. The maximum atomic E-state index is 13.3. The summed E-state index contributed by atoms with van der Waals surface area (Å²) in [5.41, 5.74) is 1.33. The van der Waals surface area contributed by atoms with E-state index >= 15 is 0 Å². The quantitative estimate of drug-likeness (QED) is 0.475. The number of benzene rings is 3. The smallest absolute Gasteiger partial charge is 0.344 e. The van der Waals surface area contributed by atoms with E-state index in [9.17, 15) is 14.7 Å². The fourth-order valence-corrected chi connectivity index (χ4v) is 3.99. The second kappa shape index (κ2) is 7.77. The van der Waals surface area contributed by atoms with Crippen LogP contribution in [0.3, 0.4) is 0 Å². The first-order chi connectivity index (χ1) is 15.5. The average molecular weight is 429 g/mol. The summed E-state index contributed by atoms with van der Waals surface area (Å²) in [6.45, 7) is 0.